The quantitative estimate of drug-likeness (QED) is 0.840. The molecule has 0 N–H and O–H groups in total. The number of hydrogen-bond donors (Lipinski definition) is 0. The van der Waals surface area contributed by atoms with Crippen LogP contribution in [0.25, 0.3) is 4.96 Å². The van der Waals surface area contributed by atoms with Gasteiger partial charge < -0.3 is 4.90 Å². The average Bonchev–Trinajstić information content (AvgIpc) is 2.79. The number of rotatable bonds is 5. The van der Waals surface area contributed by atoms with Gasteiger partial charge in [-0.25, -0.2) is 4.98 Å². The molecule has 0 saturated heterocycles. The zero-order chi connectivity index (χ0) is 16.4. The summed E-state index contributed by atoms with van der Waals surface area (Å²) in [6, 6.07) is 0.0721. The van der Waals surface area contributed by atoms with Crippen LogP contribution in [0.15, 0.2) is 11.0 Å². The van der Waals surface area contributed by atoms with Crippen molar-refractivity contribution in [3.8, 4) is 0 Å². The minimum atomic E-state index is -0.279. The lowest BCUT2D eigenvalue weighted by atomic mass is 10.2. The SMILES string of the molecule is CCSC[C@H](C)N(C)C(=O)c1cnc2sc(C)c(C)n2c1=O. The van der Waals surface area contributed by atoms with E-state index in [0.29, 0.717) is 4.96 Å². The monoisotopic (exact) mass is 339 g/mol. The van der Waals surface area contributed by atoms with Gasteiger partial charge in [-0.15, -0.1) is 11.3 Å². The van der Waals surface area contributed by atoms with Gasteiger partial charge in [-0.1, -0.05) is 6.92 Å². The number of hydrogen-bond acceptors (Lipinski definition) is 5. The van der Waals surface area contributed by atoms with Crippen LogP contribution in [-0.4, -0.2) is 44.8 Å². The fourth-order valence-corrected chi connectivity index (χ4v) is 3.84. The predicted molar refractivity (Wildman–Crippen MR) is 93.4 cm³/mol. The number of thioether (sulfide) groups is 1. The van der Waals surface area contributed by atoms with Crippen LogP contribution in [0, 0.1) is 13.8 Å². The zero-order valence-electron chi connectivity index (χ0n) is 13.5. The van der Waals surface area contributed by atoms with Crippen LogP contribution >= 0.6 is 23.1 Å². The van der Waals surface area contributed by atoms with Crippen molar-refractivity contribution in [3.63, 3.8) is 0 Å². The molecule has 0 saturated carbocycles. The fourth-order valence-electron chi connectivity index (χ4n) is 2.11. The van der Waals surface area contributed by atoms with Crippen molar-refractivity contribution in [2.24, 2.45) is 0 Å². The smallest absolute Gasteiger partial charge is 0.271 e. The fraction of sp³-hybridized carbons (Fsp3) is 0.533. The molecule has 2 aromatic rings. The molecule has 0 aliphatic rings. The molecule has 0 bridgehead atoms. The van der Waals surface area contributed by atoms with Crippen LogP contribution in [0.4, 0.5) is 0 Å². The van der Waals surface area contributed by atoms with Crippen LogP contribution in [0.2, 0.25) is 0 Å². The highest BCUT2D eigenvalue weighted by Gasteiger charge is 2.22. The van der Waals surface area contributed by atoms with Gasteiger partial charge in [-0.05, 0) is 26.5 Å². The highest BCUT2D eigenvalue weighted by atomic mass is 32.2. The van der Waals surface area contributed by atoms with E-state index in [4.69, 9.17) is 0 Å². The molecule has 2 rings (SSSR count). The van der Waals surface area contributed by atoms with Crippen molar-refractivity contribution in [3.05, 3.63) is 32.7 Å². The highest BCUT2D eigenvalue weighted by molar-refractivity contribution is 7.99. The number of fused-ring (bicyclic) bond motifs is 1. The molecule has 1 amide bonds. The van der Waals surface area contributed by atoms with Crippen LogP contribution in [0.5, 0.6) is 0 Å². The highest BCUT2D eigenvalue weighted by Crippen LogP contribution is 2.18. The standard InChI is InChI=1S/C15H21N3O2S2/c1-6-21-8-9(2)17(5)13(19)12-7-16-15-18(14(12)20)10(3)11(4)22-15/h7,9H,6,8H2,1-5H3/t9-/m0/s1. The van der Waals surface area contributed by atoms with E-state index >= 15 is 0 Å². The van der Waals surface area contributed by atoms with Gasteiger partial charge in [0.15, 0.2) is 4.96 Å². The molecule has 0 aliphatic heterocycles. The molecule has 7 heteroatoms. The summed E-state index contributed by atoms with van der Waals surface area (Å²) in [7, 11) is 1.74. The van der Waals surface area contributed by atoms with Gasteiger partial charge in [0.05, 0.1) is 0 Å². The number of amides is 1. The Balaban J connectivity index is 2.38. The predicted octanol–water partition coefficient (Wildman–Crippen LogP) is 2.59. The zero-order valence-corrected chi connectivity index (χ0v) is 15.2. The molecule has 2 aromatic heterocycles. The van der Waals surface area contributed by atoms with E-state index in [-0.39, 0.29) is 23.1 Å². The van der Waals surface area contributed by atoms with Gasteiger partial charge in [0.25, 0.3) is 11.5 Å². The third-order valence-corrected chi connectivity index (χ3v) is 5.99. The Labute approximate surface area is 138 Å². The topological polar surface area (TPSA) is 54.7 Å². The van der Waals surface area contributed by atoms with Gasteiger partial charge in [-0.3, -0.25) is 14.0 Å². The second kappa shape index (κ2) is 6.83. The molecule has 5 nitrogen and oxygen atoms in total. The van der Waals surface area contributed by atoms with Gasteiger partial charge in [0.2, 0.25) is 0 Å². The molecular weight excluding hydrogens is 318 g/mol. The summed E-state index contributed by atoms with van der Waals surface area (Å²) in [5.74, 6) is 1.60. The molecule has 1 atom stereocenters. The third kappa shape index (κ3) is 3.05. The first-order chi connectivity index (χ1) is 10.4. The van der Waals surface area contributed by atoms with Crippen molar-refractivity contribution in [1.82, 2.24) is 14.3 Å². The third-order valence-electron chi connectivity index (χ3n) is 3.79. The Hall–Kier alpha value is -1.34. The molecule has 0 aliphatic carbocycles. The van der Waals surface area contributed by atoms with Crippen LogP contribution in [0.3, 0.4) is 0 Å². The first-order valence-corrected chi connectivity index (χ1v) is 9.18. The van der Waals surface area contributed by atoms with Gasteiger partial charge in [0.1, 0.15) is 5.56 Å². The van der Waals surface area contributed by atoms with E-state index in [1.54, 1.807) is 23.7 Å². The van der Waals surface area contributed by atoms with E-state index in [2.05, 4.69) is 11.9 Å². The summed E-state index contributed by atoms with van der Waals surface area (Å²) >= 11 is 3.24. The molecule has 120 valence electrons. The molecule has 0 aromatic carbocycles. The number of carbonyl (C=O) groups is 1. The van der Waals surface area contributed by atoms with E-state index in [1.165, 1.54) is 21.9 Å². The first kappa shape index (κ1) is 17.0. The summed E-state index contributed by atoms with van der Waals surface area (Å²) in [5, 5.41) is 0. The Kier molecular flexibility index (Phi) is 5.28. The molecule has 0 spiro atoms. The maximum absolute atomic E-state index is 12.6. The number of carbonyl (C=O) groups excluding carboxylic acids is 1. The van der Waals surface area contributed by atoms with E-state index in [1.807, 2.05) is 20.8 Å². The van der Waals surface area contributed by atoms with Gasteiger partial charge >= 0.3 is 0 Å². The van der Waals surface area contributed by atoms with Crippen LogP contribution < -0.4 is 5.56 Å². The molecule has 0 fully saturated rings. The summed E-state index contributed by atoms with van der Waals surface area (Å²) in [6.07, 6.45) is 1.41. The van der Waals surface area contributed by atoms with Gasteiger partial charge in [-0.2, -0.15) is 11.8 Å². The Morgan fingerprint density at radius 3 is 2.82 bits per heavy atom. The summed E-state index contributed by atoms with van der Waals surface area (Å²) in [4.78, 5) is 32.8. The lowest BCUT2D eigenvalue weighted by Gasteiger charge is -2.24. The van der Waals surface area contributed by atoms with Crippen molar-refractivity contribution < 1.29 is 4.79 Å². The van der Waals surface area contributed by atoms with E-state index in [0.717, 1.165) is 22.1 Å². The second-order valence-electron chi connectivity index (χ2n) is 5.26. The Bertz CT molecular complexity index is 751. The minimum Gasteiger partial charge on any atom is -0.338 e. The summed E-state index contributed by atoms with van der Waals surface area (Å²) < 4.78 is 1.53. The molecule has 2 heterocycles. The minimum absolute atomic E-state index is 0.0721. The van der Waals surface area contributed by atoms with Crippen molar-refractivity contribution >= 4 is 34.0 Å². The first-order valence-electron chi connectivity index (χ1n) is 7.21. The largest absolute Gasteiger partial charge is 0.338 e. The van der Waals surface area contributed by atoms with Crippen molar-refractivity contribution in [1.29, 1.82) is 0 Å². The van der Waals surface area contributed by atoms with Gasteiger partial charge in [0, 0.05) is 35.6 Å². The number of thiazole rings is 1. The Morgan fingerprint density at radius 1 is 1.50 bits per heavy atom. The second-order valence-corrected chi connectivity index (χ2v) is 7.76. The summed E-state index contributed by atoms with van der Waals surface area (Å²) in [5.41, 5.74) is 0.706. The number of aryl methyl sites for hydroxylation is 2. The van der Waals surface area contributed by atoms with E-state index < -0.39 is 0 Å². The lowest BCUT2D eigenvalue weighted by molar-refractivity contribution is 0.0755. The van der Waals surface area contributed by atoms with E-state index in [9.17, 15) is 9.59 Å². The molecule has 22 heavy (non-hydrogen) atoms. The van der Waals surface area contributed by atoms with Crippen molar-refractivity contribution in [2.75, 3.05) is 18.6 Å². The maximum Gasteiger partial charge on any atom is 0.271 e. The Morgan fingerprint density at radius 2 is 2.18 bits per heavy atom. The molecule has 0 radical (unpaired) electrons. The average molecular weight is 339 g/mol. The van der Waals surface area contributed by atoms with Crippen LogP contribution in [0.1, 0.15) is 34.8 Å². The van der Waals surface area contributed by atoms with Crippen molar-refractivity contribution in [2.45, 2.75) is 33.7 Å². The lowest BCUT2D eigenvalue weighted by Crippen LogP contribution is -2.40. The molecular formula is C15H21N3O2S2. The normalized spacial score (nSPS) is 12.6. The maximum atomic E-state index is 12.6. The summed E-state index contributed by atoms with van der Waals surface area (Å²) in [6.45, 7) is 7.90. The molecule has 0 unspecified atom stereocenters. The van der Waals surface area contributed by atoms with Crippen LogP contribution in [-0.2, 0) is 0 Å². The number of aromatic nitrogens is 2. The number of nitrogens with zero attached hydrogens (tertiary/aromatic N) is 3.